The Labute approximate surface area is 179 Å². The molecule has 2 unspecified atom stereocenters. The van der Waals surface area contributed by atoms with E-state index in [1.165, 1.54) is 24.3 Å². The fourth-order valence-corrected chi connectivity index (χ4v) is 2.72. The van der Waals surface area contributed by atoms with E-state index >= 15 is 0 Å². The molecule has 2 atom stereocenters. The Hall–Kier alpha value is -3.48. The SMILES string of the molecule is CCCC(NC(=O)Oc1ccc(NC(=O)Cc2ccc(F)cc2)cc1)C(O)OCC#N. The van der Waals surface area contributed by atoms with Crippen molar-refractivity contribution in [3.8, 4) is 11.8 Å². The fourth-order valence-electron chi connectivity index (χ4n) is 2.72. The van der Waals surface area contributed by atoms with Gasteiger partial charge in [-0.05, 0) is 48.4 Å². The van der Waals surface area contributed by atoms with Crippen molar-refractivity contribution in [3.05, 3.63) is 59.9 Å². The van der Waals surface area contributed by atoms with E-state index in [-0.39, 0.29) is 30.5 Å². The smallest absolute Gasteiger partial charge is 0.410 e. The second-order valence-electron chi connectivity index (χ2n) is 6.66. The number of aliphatic hydroxyl groups excluding tert-OH is 1. The molecular weight excluding hydrogens is 405 g/mol. The zero-order valence-corrected chi connectivity index (χ0v) is 17.0. The summed E-state index contributed by atoms with van der Waals surface area (Å²) in [4.78, 5) is 24.2. The van der Waals surface area contributed by atoms with E-state index < -0.39 is 18.4 Å². The van der Waals surface area contributed by atoms with Gasteiger partial charge in [-0.15, -0.1) is 0 Å². The van der Waals surface area contributed by atoms with Crippen LogP contribution in [-0.2, 0) is 16.0 Å². The highest BCUT2D eigenvalue weighted by Crippen LogP contribution is 2.17. The number of nitrogens with zero attached hydrogens (tertiary/aromatic N) is 1. The maximum Gasteiger partial charge on any atom is 0.412 e. The van der Waals surface area contributed by atoms with Crippen molar-refractivity contribution in [2.24, 2.45) is 0 Å². The van der Waals surface area contributed by atoms with Gasteiger partial charge in [0.15, 0.2) is 6.29 Å². The first-order valence-corrected chi connectivity index (χ1v) is 9.70. The number of hydrogen-bond acceptors (Lipinski definition) is 6. The van der Waals surface area contributed by atoms with Crippen molar-refractivity contribution < 1.29 is 28.6 Å². The highest BCUT2D eigenvalue weighted by Gasteiger charge is 2.22. The first kappa shape index (κ1) is 23.8. The van der Waals surface area contributed by atoms with E-state index in [1.807, 2.05) is 6.92 Å². The molecule has 164 valence electrons. The van der Waals surface area contributed by atoms with Crippen molar-refractivity contribution >= 4 is 17.7 Å². The van der Waals surface area contributed by atoms with Gasteiger partial charge in [-0.1, -0.05) is 25.5 Å². The molecule has 0 heterocycles. The number of benzene rings is 2. The van der Waals surface area contributed by atoms with E-state index in [4.69, 9.17) is 14.7 Å². The minimum absolute atomic E-state index is 0.0932. The van der Waals surface area contributed by atoms with Crippen molar-refractivity contribution in [2.45, 2.75) is 38.5 Å². The van der Waals surface area contributed by atoms with Gasteiger partial charge in [0.2, 0.25) is 5.91 Å². The third kappa shape index (κ3) is 8.42. The maximum atomic E-state index is 12.9. The molecule has 0 aromatic heterocycles. The Morgan fingerprint density at radius 3 is 2.45 bits per heavy atom. The number of nitriles is 1. The molecule has 2 rings (SSSR count). The number of anilines is 1. The van der Waals surface area contributed by atoms with Crippen LogP contribution in [0.5, 0.6) is 5.75 Å². The number of rotatable bonds is 10. The molecule has 0 saturated heterocycles. The normalized spacial score (nSPS) is 12.3. The highest BCUT2D eigenvalue weighted by molar-refractivity contribution is 5.92. The second kappa shape index (κ2) is 12.3. The average molecular weight is 429 g/mol. The zero-order chi connectivity index (χ0) is 22.6. The standard InChI is InChI=1S/C22H24FN3O5/c1-2-3-19(21(28)30-13-12-24)26-22(29)31-18-10-8-17(9-11-18)25-20(27)14-15-4-6-16(23)7-5-15/h4-11,19,21,28H,2-3,13-14H2,1H3,(H,25,27)(H,26,29). The lowest BCUT2D eigenvalue weighted by Gasteiger charge is -2.22. The summed E-state index contributed by atoms with van der Waals surface area (Å²) < 4.78 is 23.0. The Kier molecular flexibility index (Phi) is 9.42. The van der Waals surface area contributed by atoms with Crippen LogP contribution < -0.4 is 15.4 Å². The Balaban J connectivity index is 1.86. The van der Waals surface area contributed by atoms with Gasteiger partial charge in [0.25, 0.3) is 0 Å². The number of amides is 2. The van der Waals surface area contributed by atoms with E-state index in [0.29, 0.717) is 24.1 Å². The molecule has 0 aliphatic heterocycles. The number of aliphatic hydroxyl groups is 1. The number of carbonyl (C=O) groups is 2. The molecule has 0 radical (unpaired) electrons. The molecule has 2 aromatic rings. The molecule has 2 aromatic carbocycles. The second-order valence-corrected chi connectivity index (χ2v) is 6.66. The van der Waals surface area contributed by atoms with E-state index in [1.54, 1.807) is 30.3 Å². The predicted molar refractivity (Wildman–Crippen MR) is 111 cm³/mol. The summed E-state index contributed by atoms with van der Waals surface area (Å²) in [7, 11) is 0. The van der Waals surface area contributed by atoms with Crippen LogP contribution in [0.15, 0.2) is 48.5 Å². The summed E-state index contributed by atoms with van der Waals surface area (Å²) in [5.74, 6) is -0.405. The zero-order valence-electron chi connectivity index (χ0n) is 17.0. The van der Waals surface area contributed by atoms with Crippen LogP contribution in [-0.4, -0.2) is 36.0 Å². The van der Waals surface area contributed by atoms with Crippen molar-refractivity contribution in [2.75, 3.05) is 11.9 Å². The monoisotopic (exact) mass is 429 g/mol. The van der Waals surface area contributed by atoms with Crippen LogP contribution in [0.2, 0.25) is 0 Å². The molecule has 31 heavy (non-hydrogen) atoms. The molecule has 0 aliphatic rings. The Bertz CT molecular complexity index is 897. The summed E-state index contributed by atoms with van der Waals surface area (Å²) in [5, 5.41) is 23.7. The largest absolute Gasteiger partial charge is 0.412 e. The van der Waals surface area contributed by atoms with Gasteiger partial charge in [0, 0.05) is 5.69 Å². The van der Waals surface area contributed by atoms with Crippen LogP contribution in [0.4, 0.5) is 14.9 Å². The number of ether oxygens (including phenoxy) is 2. The molecular formula is C22H24FN3O5. The van der Waals surface area contributed by atoms with Crippen LogP contribution in [0.25, 0.3) is 0 Å². The van der Waals surface area contributed by atoms with E-state index in [9.17, 15) is 19.1 Å². The van der Waals surface area contributed by atoms with Crippen LogP contribution in [0.3, 0.4) is 0 Å². The van der Waals surface area contributed by atoms with Crippen molar-refractivity contribution in [1.82, 2.24) is 5.32 Å². The summed E-state index contributed by atoms with van der Waals surface area (Å²) in [6.07, 6.45) is -0.919. The average Bonchev–Trinajstić information content (AvgIpc) is 2.74. The van der Waals surface area contributed by atoms with Gasteiger partial charge >= 0.3 is 6.09 Å². The number of hydrogen-bond donors (Lipinski definition) is 3. The highest BCUT2D eigenvalue weighted by atomic mass is 19.1. The topological polar surface area (TPSA) is 121 Å². The lowest BCUT2D eigenvalue weighted by Crippen LogP contribution is -2.45. The Morgan fingerprint density at radius 1 is 1.16 bits per heavy atom. The van der Waals surface area contributed by atoms with Gasteiger partial charge in [-0.3, -0.25) is 4.79 Å². The summed E-state index contributed by atoms with van der Waals surface area (Å²) in [6, 6.07) is 12.8. The molecule has 0 bridgehead atoms. The summed E-state index contributed by atoms with van der Waals surface area (Å²) in [5.41, 5.74) is 1.18. The van der Waals surface area contributed by atoms with Gasteiger partial charge in [0.05, 0.1) is 18.5 Å². The molecule has 0 saturated carbocycles. The molecule has 9 heteroatoms. The van der Waals surface area contributed by atoms with Crippen molar-refractivity contribution in [1.29, 1.82) is 5.26 Å². The molecule has 0 fully saturated rings. The lowest BCUT2D eigenvalue weighted by molar-refractivity contribution is -0.115. The lowest BCUT2D eigenvalue weighted by atomic mass is 10.1. The maximum absolute atomic E-state index is 12.9. The third-order valence-electron chi connectivity index (χ3n) is 4.19. The molecule has 0 aliphatic carbocycles. The quantitative estimate of drug-likeness (QED) is 0.499. The summed E-state index contributed by atoms with van der Waals surface area (Å²) in [6.45, 7) is 1.58. The molecule has 8 nitrogen and oxygen atoms in total. The van der Waals surface area contributed by atoms with Crippen LogP contribution >= 0.6 is 0 Å². The number of halogens is 1. The van der Waals surface area contributed by atoms with Crippen molar-refractivity contribution in [3.63, 3.8) is 0 Å². The fraction of sp³-hybridized carbons (Fsp3) is 0.318. The van der Waals surface area contributed by atoms with Crippen LogP contribution in [0.1, 0.15) is 25.3 Å². The third-order valence-corrected chi connectivity index (χ3v) is 4.19. The van der Waals surface area contributed by atoms with Gasteiger partial charge < -0.3 is 25.2 Å². The minimum atomic E-state index is -1.33. The molecule has 2 amide bonds. The van der Waals surface area contributed by atoms with Gasteiger partial charge in [-0.25, -0.2) is 9.18 Å². The first-order valence-electron chi connectivity index (χ1n) is 9.70. The Morgan fingerprint density at radius 2 is 1.84 bits per heavy atom. The minimum Gasteiger partial charge on any atom is -0.410 e. The number of carbonyl (C=O) groups excluding carboxylic acids is 2. The summed E-state index contributed by atoms with van der Waals surface area (Å²) >= 11 is 0. The van der Waals surface area contributed by atoms with E-state index in [2.05, 4.69) is 10.6 Å². The van der Waals surface area contributed by atoms with Gasteiger partial charge in [-0.2, -0.15) is 5.26 Å². The molecule has 3 N–H and O–H groups in total. The van der Waals surface area contributed by atoms with E-state index in [0.717, 1.165) is 0 Å². The molecule has 0 spiro atoms. The van der Waals surface area contributed by atoms with Gasteiger partial charge in [0.1, 0.15) is 18.2 Å². The predicted octanol–water partition coefficient (Wildman–Crippen LogP) is 3.12. The number of nitrogens with one attached hydrogen (secondary N) is 2. The first-order chi connectivity index (χ1) is 14.9. The van der Waals surface area contributed by atoms with Crippen LogP contribution in [0, 0.1) is 17.1 Å².